The number of nitrogens with two attached hydrogens (primary N) is 1. The summed E-state index contributed by atoms with van der Waals surface area (Å²) in [7, 11) is 3.33. The highest BCUT2D eigenvalue weighted by Crippen LogP contribution is 2.32. The maximum Gasteiger partial charge on any atom is 0.161 e. The van der Waals surface area contributed by atoms with Crippen LogP contribution in [-0.2, 0) is 20.7 Å². The summed E-state index contributed by atoms with van der Waals surface area (Å²) in [6.45, 7) is 11.3. The minimum Gasteiger partial charge on any atom is -0.493 e. The Kier molecular flexibility index (Phi) is 14.7. The van der Waals surface area contributed by atoms with E-state index in [0.717, 1.165) is 50.2 Å². The number of ether oxygens (including phenoxy) is 4. The first-order valence-corrected chi connectivity index (χ1v) is 14.5. The van der Waals surface area contributed by atoms with Crippen LogP contribution in [0.25, 0.3) is 0 Å². The lowest BCUT2D eigenvalue weighted by molar-refractivity contribution is -0.125. The Bertz CT molecular complexity index is 808. The summed E-state index contributed by atoms with van der Waals surface area (Å²) in [5.74, 6) is 2.85. The van der Waals surface area contributed by atoms with Crippen molar-refractivity contribution >= 4 is 5.78 Å². The maximum absolute atomic E-state index is 13.0. The molecule has 1 saturated heterocycles. The zero-order chi connectivity index (χ0) is 28.1. The zero-order valence-electron chi connectivity index (χ0n) is 24.6. The first-order chi connectivity index (χ1) is 18.2. The monoisotopic (exact) mass is 535 g/mol. The Morgan fingerprint density at radius 3 is 2.47 bits per heavy atom. The summed E-state index contributed by atoms with van der Waals surface area (Å²) in [5.41, 5.74) is 7.72. The number of hydrogen-bond acceptors (Lipinski definition) is 7. The third-order valence-corrected chi connectivity index (χ3v) is 8.02. The fourth-order valence-corrected chi connectivity index (χ4v) is 5.30. The van der Waals surface area contributed by atoms with Crippen LogP contribution in [0.2, 0.25) is 0 Å². The Morgan fingerprint density at radius 1 is 1.11 bits per heavy atom. The van der Waals surface area contributed by atoms with Gasteiger partial charge < -0.3 is 29.8 Å². The Morgan fingerprint density at radius 2 is 1.87 bits per heavy atom. The standard InChI is InChI=1S/C31H53NO6/c1-21(2)25(16-24-9-11-30(36-6)31(17-24)38-14-7-13-35-5)18-27(32)29(34)19-26(22(3)4)28(33)10-8-23-12-15-37-20-23/h9,11,17,21-23,25-27,29,34H,7-8,10,12-16,18-20,32H2,1-6H3/t23?,25-,26-,27-,29-/m0/s1. The van der Waals surface area contributed by atoms with Crippen LogP contribution in [0, 0.1) is 29.6 Å². The SMILES string of the molecule is COCCCOc1cc(C[C@@H](C[C@H](N)[C@@H](O)C[C@H](C(=O)CCC2CCOC2)C(C)C)C(C)C)ccc1OC. The van der Waals surface area contributed by atoms with E-state index < -0.39 is 6.10 Å². The minimum atomic E-state index is -0.710. The number of carbonyl (C=O) groups is 1. The summed E-state index contributed by atoms with van der Waals surface area (Å²) in [5, 5.41) is 11.1. The molecule has 7 heteroatoms. The van der Waals surface area contributed by atoms with Gasteiger partial charge in [-0.2, -0.15) is 0 Å². The molecule has 218 valence electrons. The number of ketones is 1. The van der Waals surface area contributed by atoms with Gasteiger partial charge in [-0.15, -0.1) is 0 Å². The van der Waals surface area contributed by atoms with E-state index in [0.29, 0.717) is 50.1 Å². The third kappa shape index (κ3) is 10.8. The van der Waals surface area contributed by atoms with Gasteiger partial charge in [0.1, 0.15) is 5.78 Å². The van der Waals surface area contributed by atoms with Gasteiger partial charge in [-0.05, 0) is 73.5 Å². The summed E-state index contributed by atoms with van der Waals surface area (Å²) in [6.07, 6.45) is 4.50. The predicted molar refractivity (Wildman–Crippen MR) is 152 cm³/mol. The number of benzene rings is 1. The van der Waals surface area contributed by atoms with Crippen LogP contribution in [0.1, 0.15) is 71.8 Å². The summed E-state index contributed by atoms with van der Waals surface area (Å²) in [6, 6.07) is 5.68. The van der Waals surface area contributed by atoms with E-state index >= 15 is 0 Å². The molecule has 5 atom stereocenters. The number of rotatable bonds is 19. The second-order valence-electron chi connectivity index (χ2n) is 11.7. The predicted octanol–water partition coefficient (Wildman–Crippen LogP) is 5.05. The number of aliphatic hydroxyl groups excluding tert-OH is 1. The van der Waals surface area contributed by atoms with Gasteiger partial charge >= 0.3 is 0 Å². The highest BCUT2D eigenvalue weighted by atomic mass is 16.5. The van der Waals surface area contributed by atoms with Gasteiger partial charge in [-0.1, -0.05) is 33.8 Å². The van der Waals surface area contributed by atoms with Crippen molar-refractivity contribution in [3.05, 3.63) is 23.8 Å². The first kappa shape index (κ1) is 32.5. The first-order valence-electron chi connectivity index (χ1n) is 14.5. The Labute approximate surface area is 230 Å². The number of methoxy groups -OCH3 is 2. The van der Waals surface area contributed by atoms with E-state index in [4.69, 9.17) is 24.7 Å². The van der Waals surface area contributed by atoms with Crippen LogP contribution in [0.3, 0.4) is 0 Å². The minimum absolute atomic E-state index is 0.171. The van der Waals surface area contributed by atoms with E-state index in [2.05, 4.69) is 33.8 Å². The highest BCUT2D eigenvalue weighted by Gasteiger charge is 2.30. The third-order valence-electron chi connectivity index (χ3n) is 8.02. The van der Waals surface area contributed by atoms with Crippen molar-refractivity contribution < 1.29 is 28.8 Å². The number of Topliss-reactive ketones (excluding diaryl/α,β-unsaturated/α-hetero) is 1. The van der Waals surface area contributed by atoms with Gasteiger partial charge in [-0.3, -0.25) is 4.79 Å². The molecule has 38 heavy (non-hydrogen) atoms. The molecule has 0 radical (unpaired) electrons. The van der Waals surface area contributed by atoms with Crippen LogP contribution in [0.15, 0.2) is 18.2 Å². The lowest BCUT2D eigenvalue weighted by Gasteiger charge is -2.30. The van der Waals surface area contributed by atoms with Crippen molar-refractivity contribution in [2.75, 3.05) is 40.6 Å². The van der Waals surface area contributed by atoms with Crippen LogP contribution in [0.4, 0.5) is 0 Å². The van der Waals surface area contributed by atoms with Crippen molar-refractivity contribution in [3.63, 3.8) is 0 Å². The zero-order valence-corrected chi connectivity index (χ0v) is 24.6. The Balaban J connectivity index is 1.97. The molecule has 1 aliphatic rings. The molecule has 1 fully saturated rings. The molecule has 0 bridgehead atoms. The normalized spacial score (nSPS) is 18.9. The van der Waals surface area contributed by atoms with Crippen LogP contribution < -0.4 is 15.2 Å². The van der Waals surface area contributed by atoms with Crippen molar-refractivity contribution in [1.29, 1.82) is 0 Å². The molecule has 0 spiro atoms. The maximum atomic E-state index is 13.0. The molecule has 0 amide bonds. The second kappa shape index (κ2) is 17.1. The van der Waals surface area contributed by atoms with Gasteiger partial charge in [0.25, 0.3) is 0 Å². The van der Waals surface area contributed by atoms with Crippen LogP contribution in [0.5, 0.6) is 11.5 Å². The van der Waals surface area contributed by atoms with E-state index in [1.54, 1.807) is 14.2 Å². The van der Waals surface area contributed by atoms with E-state index in [1.165, 1.54) is 0 Å². The second-order valence-corrected chi connectivity index (χ2v) is 11.7. The van der Waals surface area contributed by atoms with Crippen LogP contribution >= 0.6 is 0 Å². The number of carbonyl (C=O) groups excluding carboxylic acids is 1. The number of aliphatic hydroxyl groups is 1. The molecule has 0 saturated carbocycles. The smallest absolute Gasteiger partial charge is 0.161 e. The number of hydrogen-bond donors (Lipinski definition) is 2. The average molecular weight is 536 g/mol. The van der Waals surface area contributed by atoms with Gasteiger partial charge in [0, 0.05) is 51.7 Å². The molecule has 7 nitrogen and oxygen atoms in total. The molecule has 3 N–H and O–H groups in total. The molecule has 1 heterocycles. The van der Waals surface area contributed by atoms with E-state index in [9.17, 15) is 9.90 Å². The quantitative estimate of drug-likeness (QED) is 0.239. The van der Waals surface area contributed by atoms with Gasteiger partial charge in [0.15, 0.2) is 11.5 Å². The Hall–Kier alpha value is -1.67. The lowest BCUT2D eigenvalue weighted by Crippen LogP contribution is -2.40. The molecule has 0 aliphatic carbocycles. The van der Waals surface area contributed by atoms with Gasteiger partial charge in [0.05, 0.1) is 19.8 Å². The molecule has 1 aromatic rings. The van der Waals surface area contributed by atoms with Crippen molar-refractivity contribution in [3.8, 4) is 11.5 Å². The van der Waals surface area contributed by atoms with Crippen molar-refractivity contribution in [1.82, 2.24) is 0 Å². The molecule has 2 rings (SSSR count). The topological polar surface area (TPSA) is 100 Å². The molecule has 1 aromatic carbocycles. The largest absolute Gasteiger partial charge is 0.493 e. The fraction of sp³-hybridized carbons (Fsp3) is 0.774. The summed E-state index contributed by atoms with van der Waals surface area (Å²) < 4.78 is 22.0. The lowest BCUT2D eigenvalue weighted by atomic mass is 9.79. The van der Waals surface area contributed by atoms with Gasteiger partial charge in [0.2, 0.25) is 0 Å². The summed E-state index contributed by atoms with van der Waals surface area (Å²) >= 11 is 0. The van der Waals surface area contributed by atoms with Crippen molar-refractivity contribution in [2.45, 2.75) is 84.8 Å². The molecule has 1 unspecified atom stereocenters. The van der Waals surface area contributed by atoms with Crippen LogP contribution in [-0.4, -0.2) is 63.7 Å². The van der Waals surface area contributed by atoms with E-state index in [-0.39, 0.29) is 29.6 Å². The van der Waals surface area contributed by atoms with Gasteiger partial charge in [-0.25, -0.2) is 0 Å². The summed E-state index contributed by atoms with van der Waals surface area (Å²) in [4.78, 5) is 13.0. The molecular formula is C31H53NO6. The fourth-order valence-electron chi connectivity index (χ4n) is 5.30. The molecule has 1 aliphatic heterocycles. The molecular weight excluding hydrogens is 482 g/mol. The van der Waals surface area contributed by atoms with Crippen molar-refractivity contribution in [2.24, 2.45) is 35.3 Å². The van der Waals surface area contributed by atoms with E-state index in [1.807, 2.05) is 12.1 Å². The molecule has 0 aromatic heterocycles. The highest BCUT2D eigenvalue weighted by molar-refractivity contribution is 5.81. The average Bonchev–Trinajstić information content (AvgIpc) is 3.41.